The van der Waals surface area contributed by atoms with E-state index in [1.807, 2.05) is 19.2 Å². The lowest BCUT2D eigenvalue weighted by molar-refractivity contribution is -0.0651. The molecule has 3 aromatic heterocycles. The quantitative estimate of drug-likeness (QED) is 0.452. The third-order valence-electron chi connectivity index (χ3n) is 6.03. The standard InChI is InChI=1S/C23H30N8OS/c1-15-8-18(30-21(28-15)29-16-6-4-3-5-7-16)19-11-26-22(33-19)31-20-12-24-17(9-25-20)10-27-23(2)13-32-14-23/h8-9,11-12,16,27H,3-7,10,13-14H2,1-2H3,(H,25,26,31)(H,28,29,30). The summed E-state index contributed by atoms with van der Waals surface area (Å²) in [6.07, 6.45) is 11.6. The average molecular weight is 467 g/mol. The SMILES string of the molecule is Cc1cc(-c2cnc(Nc3cnc(CNC4(C)COC4)cn3)s2)nc(NC2CCCCC2)n1. The molecule has 10 heteroatoms. The minimum absolute atomic E-state index is 0.0427. The van der Waals surface area contributed by atoms with Crippen LogP contribution in [0.2, 0.25) is 0 Å². The van der Waals surface area contributed by atoms with Gasteiger partial charge < -0.3 is 20.7 Å². The molecule has 3 aromatic rings. The van der Waals surface area contributed by atoms with Crippen LogP contribution in [0.5, 0.6) is 0 Å². The lowest BCUT2D eigenvalue weighted by Crippen LogP contribution is -2.57. The van der Waals surface area contributed by atoms with Gasteiger partial charge in [0.1, 0.15) is 0 Å². The minimum Gasteiger partial charge on any atom is -0.377 e. The van der Waals surface area contributed by atoms with Gasteiger partial charge in [-0.2, -0.15) is 0 Å². The zero-order valence-electron chi connectivity index (χ0n) is 19.1. The zero-order valence-corrected chi connectivity index (χ0v) is 19.9. The van der Waals surface area contributed by atoms with Gasteiger partial charge in [0.25, 0.3) is 0 Å². The first kappa shape index (κ1) is 22.1. The van der Waals surface area contributed by atoms with Gasteiger partial charge in [0.2, 0.25) is 5.95 Å². The Balaban J connectivity index is 1.22. The summed E-state index contributed by atoms with van der Waals surface area (Å²) in [4.78, 5) is 23.8. The van der Waals surface area contributed by atoms with Crippen LogP contribution < -0.4 is 16.0 Å². The lowest BCUT2D eigenvalue weighted by Gasteiger charge is -2.38. The third kappa shape index (κ3) is 5.63. The Morgan fingerprint density at radius 1 is 1.06 bits per heavy atom. The van der Waals surface area contributed by atoms with Crippen molar-refractivity contribution in [1.29, 1.82) is 0 Å². The van der Waals surface area contributed by atoms with E-state index >= 15 is 0 Å². The molecule has 9 nitrogen and oxygen atoms in total. The number of nitrogens with zero attached hydrogens (tertiary/aromatic N) is 5. The van der Waals surface area contributed by atoms with Gasteiger partial charge in [-0.1, -0.05) is 30.6 Å². The summed E-state index contributed by atoms with van der Waals surface area (Å²) >= 11 is 1.54. The van der Waals surface area contributed by atoms with E-state index in [1.54, 1.807) is 12.4 Å². The van der Waals surface area contributed by atoms with Crippen LogP contribution in [0.15, 0.2) is 24.7 Å². The van der Waals surface area contributed by atoms with Crippen molar-refractivity contribution in [1.82, 2.24) is 30.2 Å². The zero-order chi connectivity index (χ0) is 22.7. The predicted octanol–water partition coefficient (Wildman–Crippen LogP) is 4.07. The monoisotopic (exact) mass is 466 g/mol. The van der Waals surface area contributed by atoms with Gasteiger partial charge in [-0.05, 0) is 32.8 Å². The highest BCUT2D eigenvalue weighted by Crippen LogP contribution is 2.30. The number of rotatable bonds is 8. The fourth-order valence-electron chi connectivity index (χ4n) is 4.07. The molecular formula is C23H30N8OS. The minimum atomic E-state index is 0.0427. The van der Waals surface area contributed by atoms with E-state index in [2.05, 4.69) is 42.8 Å². The van der Waals surface area contributed by atoms with E-state index in [9.17, 15) is 0 Å². The Morgan fingerprint density at radius 3 is 2.64 bits per heavy atom. The molecule has 4 heterocycles. The van der Waals surface area contributed by atoms with Crippen LogP contribution in [-0.4, -0.2) is 49.7 Å². The summed E-state index contributed by atoms with van der Waals surface area (Å²) in [5, 5.41) is 11.0. The number of nitrogens with one attached hydrogen (secondary N) is 3. The number of anilines is 3. The number of thiazole rings is 1. The smallest absolute Gasteiger partial charge is 0.223 e. The first-order valence-corrected chi connectivity index (χ1v) is 12.4. The summed E-state index contributed by atoms with van der Waals surface area (Å²) in [5.41, 5.74) is 2.76. The van der Waals surface area contributed by atoms with Crippen molar-refractivity contribution < 1.29 is 4.74 Å². The Bertz CT molecular complexity index is 1080. The summed E-state index contributed by atoms with van der Waals surface area (Å²) < 4.78 is 5.27. The number of aromatic nitrogens is 5. The van der Waals surface area contributed by atoms with Crippen molar-refractivity contribution in [2.45, 2.75) is 64.1 Å². The van der Waals surface area contributed by atoms with E-state index in [0.29, 0.717) is 24.4 Å². The summed E-state index contributed by atoms with van der Waals surface area (Å²) in [6.45, 7) is 6.28. The molecule has 2 aliphatic rings. The molecule has 0 amide bonds. The van der Waals surface area contributed by atoms with Crippen molar-refractivity contribution in [3.8, 4) is 10.6 Å². The van der Waals surface area contributed by atoms with Crippen molar-refractivity contribution in [3.63, 3.8) is 0 Å². The van der Waals surface area contributed by atoms with Gasteiger partial charge in [-0.3, -0.25) is 4.98 Å². The molecule has 0 spiro atoms. The van der Waals surface area contributed by atoms with Crippen LogP contribution in [0.25, 0.3) is 10.6 Å². The highest BCUT2D eigenvalue weighted by Gasteiger charge is 2.32. The summed E-state index contributed by atoms with van der Waals surface area (Å²) in [5.74, 6) is 1.37. The largest absolute Gasteiger partial charge is 0.377 e. The van der Waals surface area contributed by atoms with E-state index < -0.39 is 0 Å². The number of aryl methyl sites for hydroxylation is 1. The predicted molar refractivity (Wildman–Crippen MR) is 130 cm³/mol. The van der Waals surface area contributed by atoms with Crippen molar-refractivity contribution >= 4 is 28.2 Å². The van der Waals surface area contributed by atoms with Gasteiger partial charge in [0.05, 0.1) is 47.4 Å². The molecule has 2 fully saturated rings. The van der Waals surface area contributed by atoms with Gasteiger partial charge in [-0.15, -0.1) is 0 Å². The molecule has 0 radical (unpaired) electrons. The highest BCUT2D eigenvalue weighted by atomic mass is 32.1. The van der Waals surface area contributed by atoms with E-state index in [1.165, 1.54) is 43.4 Å². The fraction of sp³-hybridized carbons (Fsp3) is 0.522. The Morgan fingerprint density at radius 2 is 1.91 bits per heavy atom. The molecule has 0 atom stereocenters. The average Bonchev–Trinajstić information content (AvgIpc) is 3.26. The molecule has 0 aromatic carbocycles. The molecule has 1 saturated heterocycles. The number of hydrogen-bond donors (Lipinski definition) is 3. The Kier molecular flexibility index (Phi) is 6.48. The highest BCUT2D eigenvalue weighted by molar-refractivity contribution is 7.18. The fourth-order valence-corrected chi connectivity index (χ4v) is 4.86. The van der Waals surface area contributed by atoms with Crippen molar-refractivity contribution in [3.05, 3.63) is 36.0 Å². The second-order valence-electron chi connectivity index (χ2n) is 9.15. The van der Waals surface area contributed by atoms with Gasteiger partial charge in [-0.25, -0.2) is 19.9 Å². The molecular weight excluding hydrogens is 436 g/mol. The van der Waals surface area contributed by atoms with Crippen LogP contribution in [0, 0.1) is 6.92 Å². The molecule has 0 unspecified atom stereocenters. The molecule has 1 aliphatic heterocycles. The number of hydrogen-bond acceptors (Lipinski definition) is 10. The van der Waals surface area contributed by atoms with Gasteiger partial charge in [0, 0.05) is 24.5 Å². The van der Waals surface area contributed by atoms with Gasteiger partial charge >= 0.3 is 0 Å². The van der Waals surface area contributed by atoms with Crippen LogP contribution in [-0.2, 0) is 11.3 Å². The molecule has 0 bridgehead atoms. The first-order valence-electron chi connectivity index (χ1n) is 11.5. The topological polar surface area (TPSA) is 110 Å². The van der Waals surface area contributed by atoms with Crippen molar-refractivity contribution in [2.24, 2.45) is 0 Å². The Hall–Kier alpha value is -2.69. The lowest BCUT2D eigenvalue weighted by atomic mass is 9.96. The summed E-state index contributed by atoms with van der Waals surface area (Å²) in [6, 6.07) is 2.47. The molecule has 174 valence electrons. The maximum atomic E-state index is 5.27. The van der Waals surface area contributed by atoms with Gasteiger partial charge in [0.15, 0.2) is 10.9 Å². The maximum absolute atomic E-state index is 5.27. The molecule has 33 heavy (non-hydrogen) atoms. The van der Waals surface area contributed by atoms with Crippen LogP contribution in [0.3, 0.4) is 0 Å². The molecule has 1 saturated carbocycles. The van der Waals surface area contributed by atoms with E-state index in [-0.39, 0.29) is 5.54 Å². The normalized spacial score (nSPS) is 18.0. The molecule has 3 N–H and O–H groups in total. The van der Waals surface area contributed by atoms with Crippen LogP contribution in [0.1, 0.15) is 50.4 Å². The van der Waals surface area contributed by atoms with E-state index in [4.69, 9.17) is 9.72 Å². The number of ether oxygens (including phenoxy) is 1. The maximum Gasteiger partial charge on any atom is 0.223 e. The van der Waals surface area contributed by atoms with Crippen LogP contribution in [0.4, 0.5) is 16.9 Å². The second kappa shape index (κ2) is 9.66. The summed E-state index contributed by atoms with van der Waals surface area (Å²) in [7, 11) is 0. The first-order chi connectivity index (χ1) is 16.0. The van der Waals surface area contributed by atoms with Crippen molar-refractivity contribution in [2.75, 3.05) is 23.8 Å². The second-order valence-corrected chi connectivity index (χ2v) is 10.2. The Labute approximate surface area is 197 Å². The van der Waals surface area contributed by atoms with E-state index in [0.717, 1.165) is 40.3 Å². The third-order valence-corrected chi connectivity index (χ3v) is 6.96. The molecule has 1 aliphatic carbocycles. The molecule has 5 rings (SSSR count). The van der Waals surface area contributed by atoms with Crippen LogP contribution >= 0.6 is 11.3 Å².